The van der Waals surface area contributed by atoms with E-state index in [-0.39, 0.29) is 23.8 Å². The van der Waals surface area contributed by atoms with Gasteiger partial charge in [-0.25, -0.2) is 0 Å². The first-order valence-corrected chi connectivity index (χ1v) is 10.0. The predicted molar refractivity (Wildman–Crippen MR) is 114 cm³/mol. The summed E-state index contributed by atoms with van der Waals surface area (Å²) < 4.78 is 5.44. The van der Waals surface area contributed by atoms with E-state index in [4.69, 9.17) is 21.6 Å². The third kappa shape index (κ3) is 5.57. The Hall–Kier alpha value is -2.92. The van der Waals surface area contributed by atoms with Crippen LogP contribution in [0.15, 0.2) is 42.5 Å². The molecule has 1 atom stereocenters. The molecule has 0 unspecified atom stereocenters. The summed E-state index contributed by atoms with van der Waals surface area (Å²) in [7, 11) is 0. The summed E-state index contributed by atoms with van der Waals surface area (Å²) in [5, 5.41) is 14.7. The average molecular weight is 427 g/mol. The molecule has 3 rings (SSSR count). The highest BCUT2D eigenvalue weighted by Crippen LogP contribution is 2.22. The Morgan fingerprint density at radius 1 is 1.17 bits per heavy atom. The number of rotatable bonds is 5. The van der Waals surface area contributed by atoms with Gasteiger partial charge in [0.05, 0.1) is 30.5 Å². The topological polar surface area (TPSA) is 94.5 Å². The van der Waals surface area contributed by atoms with Crippen molar-refractivity contribution in [3.63, 3.8) is 0 Å². The fourth-order valence-corrected chi connectivity index (χ4v) is 3.47. The van der Waals surface area contributed by atoms with Gasteiger partial charge in [0.15, 0.2) is 0 Å². The molecule has 0 bridgehead atoms. The van der Waals surface area contributed by atoms with Crippen molar-refractivity contribution in [3.05, 3.63) is 64.2 Å². The summed E-state index contributed by atoms with van der Waals surface area (Å²) in [6, 6.07) is 14.5. The normalized spacial score (nSPS) is 15.1. The van der Waals surface area contributed by atoms with E-state index in [0.29, 0.717) is 18.2 Å². The number of nitrogens with one attached hydrogen (secondary N) is 2. The molecule has 1 saturated heterocycles. The maximum Gasteiger partial charge on any atom is 0.313 e. The molecule has 2 amide bonds. The highest BCUT2D eigenvalue weighted by Gasteiger charge is 2.24. The number of morpholine rings is 1. The van der Waals surface area contributed by atoms with Gasteiger partial charge in [-0.3, -0.25) is 14.5 Å². The smallest absolute Gasteiger partial charge is 0.313 e. The van der Waals surface area contributed by atoms with Gasteiger partial charge in [0.1, 0.15) is 6.07 Å². The zero-order chi connectivity index (χ0) is 21.5. The SMILES string of the molecule is Cc1ccc([C@H](CNC(=O)C(=O)Nc2cc(Cl)ccc2C#N)N2CCOCC2)cc1. The highest BCUT2D eigenvalue weighted by molar-refractivity contribution is 6.40. The van der Waals surface area contributed by atoms with Crippen LogP contribution in [0.1, 0.15) is 22.7 Å². The van der Waals surface area contributed by atoms with Crippen LogP contribution in [-0.4, -0.2) is 49.6 Å². The van der Waals surface area contributed by atoms with Crippen LogP contribution in [0.25, 0.3) is 0 Å². The lowest BCUT2D eigenvalue weighted by Crippen LogP contribution is -2.45. The van der Waals surface area contributed by atoms with Gasteiger partial charge >= 0.3 is 11.8 Å². The summed E-state index contributed by atoms with van der Waals surface area (Å²) >= 11 is 5.93. The van der Waals surface area contributed by atoms with Crippen molar-refractivity contribution in [2.75, 3.05) is 38.2 Å². The van der Waals surface area contributed by atoms with Gasteiger partial charge in [-0.2, -0.15) is 5.26 Å². The fraction of sp³-hybridized carbons (Fsp3) is 0.318. The monoisotopic (exact) mass is 426 g/mol. The first-order chi connectivity index (χ1) is 14.5. The molecule has 0 aromatic heterocycles. The van der Waals surface area contributed by atoms with Crippen molar-refractivity contribution in [1.29, 1.82) is 5.26 Å². The van der Waals surface area contributed by atoms with Crippen LogP contribution in [-0.2, 0) is 14.3 Å². The van der Waals surface area contributed by atoms with E-state index in [2.05, 4.69) is 15.5 Å². The van der Waals surface area contributed by atoms with Gasteiger partial charge < -0.3 is 15.4 Å². The molecule has 1 aliphatic heterocycles. The molecule has 0 spiro atoms. The van der Waals surface area contributed by atoms with Gasteiger partial charge in [-0.15, -0.1) is 0 Å². The molecular weight excluding hydrogens is 404 g/mol. The highest BCUT2D eigenvalue weighted by atomic mass is 35.5. The molecule has 0 radical (unpaired) electrons. The minimum atomic E-state index is -0.849. The number of hydrogen-bond donors (Lipinski definition) is 2. The molecule has 30 heavy (non-hydrogen) atoms. The summed E-state index contributed by atoms with van der Waals surface area (Å²) in [6.07, 6.45) is 0. The Morgan fingerprint density at radius 2 is 1.87 bits per heavy atom. The van der Waals surface area contributed by atoms with E-state index >= 15 is 0 Å². The van der Waals surface area contributed by atoms with Crippen LogP contribution in [0.4, 0.5) is 5.69 Å². The van der Waals surface area contributed by atoms with E-state index in [1.807, 2.05) is 37.3 Å². The lowest BCUT2D eigenvalue weighted by Gasteiger charge is -2.35. The van der Waals surface area contributed by atoms with Crippen molar-refractivity contribution in [1.82, 2.24) is 10.2 Å². The molecule has 156 valence electrons. The second-order valence-electron chi connectivity index (χ2n) is 7.04. The number of aryl methyl sites for hydroxylation is 1. The van der Waals surface area contributed by atoms with Crippen molar-refractivity contribution in [2.24, 2.45) is 0 Å². The van der Waals surface area contributed by atoms with Gasteiger partial charge in [-0.05, 0) is 30.7 Å². The number of amides is 2. The third-order valence-electron chi connectivity index (χ3n) is 4.96. The van der Waals surface area contributed by atoms with Gasteiger partial charge in [0, 0.05) is 24.7 Å². The van der Waals surface area contributed by atoms with Crippen LogP contribution in [0.3, 0.4) is 0 Å². The number of carbonyl (C=O) groups is 2. The van der Waals surface area contributed by atoms with Crippen molar-refractivity contribution in [2.45, 2.75) is 13.0 Å². The fourth-order valence-electron chi connectivity index (χ4n) is 3.30. The molecule has 1 fully saturated rings. The van der Waals surface area contributed by atoms with Crippen LogP contribution >= 0.6 is 11.6 Å². The molecule has 7 nitrogen and oxygen atoms in total. The molecule has 2 aromatic carbocycles. The Morgan fingerprint density at radius 3 is 2.53 bits per heavy atom. The summed E-state index contributed by atoms with van der Waals surface area (Å²) in [6.45, 7) is 5.04. The molecule has 2 aromatic rings. The maximum atomic E-state index is 12.4. The molecule has 2 N–H and O–H groups in total. The Kier molecular flexibility index (Phi) is 7.41. The Labute approximate surface area is 180 Å². The minimum absolute atomic E-state index is 0.0768. The molecule has 1 aliphatic rings. The second-order valence-corrected chi connectivity index (χ2v) is 7.48. The van der Waals surface area contributed by atoms with Crippen LogP contribution in [0, 0.1) is 18.3 Å². The maximum absolute atomic E-state index is 12.4. The van der Waals surface area contributed by atoms with E-state index in [1.54, 1.807) is 6.07 Å². The molecular formula is C22H23ClN4O3. The number of hydrogen-bond acceptors (Lipinski definition) is 5. The number of ether oxygens (including phenoxy) is 1. The second kappa shape index (κ2) is 10.2. The van der Waals surface area contributed by atoms with Crippen LogP contribution < -0.4 is 10.6 Å². The first-order valence-electron chi connectivity index (χ1n) is 9.65. The number of carbonyl (C=O) groups excluding carboxylic acids is 2. The standard InChI is InChI=1S/C22H23ClN4O3/c1-15-2-4-16(5-3-15)20(27-8-10-30-11-9-27)14-25-21(28)22(29)26-19-12-18(23)7-6-17(19)13-24/h2-7,12,20H,8-11,14H2,1H3,(H,25,28)(H,26,29)/t20-/m0/s1. The van der Waals surface area contributed by atoms with E-state index < -0.39 is 11.8 Å². The average Bonchev–Trinajstić information content (AvgIpc) is 2.76. The number of anilines is 1. The zero-order valence-electron chi connectivity index (χ0n) is 16.7. The summed E-state index contributed by atoms with van der Waals surface area (Å²) in [4.78, 5) is 27.0. The lowest BCUT2D eigenvalue weighted by atomic mass is 10.0. The molecule has 0 aliphatic carbocycles. The number of halogens is 1. The van der Waals surface area contributed by atoms with Gasteiger partial charge in [-0.1, -0.05) is 41.4 Å². The quantitative estimate of drug-likeness (QED) is 0.717. The van der Waals surface area contributed by atoms with Crippen molar-refractivity contribution < 1.29 is 14.3 Å². The molecule has 8 heteroatoms. The summed E-state index contributed by atoms with van der Waals surface area (Å²) in [5.41, 5.74) is 2.64. The number of nitrogens with zero attached hydrogens (tertiary/aromatic N) is 2. The van der Waals surface area contributed by atoms with Crippen molar-refractivity contribution >= 4 is 29.1 Å². The number of nitriles is 1. The predicted octanol–water partition coefficient (Wildman–Crippen LogP) is 2.65. The van der Waals surface area contributed by atoms with E-state index in [9.17, 15) is 9.59 Å². The Bertz CT molecular complexity index is 950. The van der Waals surface area contributed by atoms with Gasteiger partial charge in [0.25, 0.3) is 0 Å². The van der Waals surface area contributed by atoms with Gasteiger partial charge in [0.2, 0.25) is 0 Å². The van der Waals surface area contributed by atoms with Crippen LogP contribution in [0.2, 0.25) is 5.02 Å². The van der Waals surface area contributed by atoms with Crippen LogP contribution in [0.5, 0.6) is 0 Å². The van der Waals surface area contributed by atoms with E-state index in [0.717, 1.165) is 24.2 Å². The third-order valence-corrected chi connectivity index (χ3v) is 5.20. The minimum Gasteiger partial charge on any atom is -0.379 e. The van der Waals surface area contributed by atoms with E-state index in [1.165, 1.54) is 12.1 Å². The van der Waals surface area contributed by atoms with Crippen molar-refractivity contribution in [3.8, 4) is 6.07 Å². The zero-order valence-corrected chi connectivity index (χ0v) is 17.4. The molecule has 0 saturated carbocycles. The molecule has 1 heterocycles. The Balaban J connectivity index is 1.68. The lowest BCUT2D eigenvalue weighted by molar-refractivity contribution is -0.136. The number of benzene rings is 2. The largest absolute Gasteiger partial charge is 0.379 e. The first kappa shape index (κ1) is 21.8. The summed E-state index contributed by atoms with van der Waals surface area (Å²) in [5.74, 6) is -1.62.